The predicted molar refractivity (Wildman–Crippen MR) is 71.9 cm³/mol. The van der Waals surface area contributed by atoms with Crippen LogP contribution in [0.3, 0.4) is 0 Å². The molecule has 0 aromatic rings. The van der Waals surface area contributed by atoms with Gasteiger partial charge in [-0.15, -0.1) is 0 Å². The van der Waals surface area contributed by atoms with Crippen molar-refractivity contribution in [3.8, 4) is 0 Å². The van der Waals surface area contributed by atoms with E-state index in [1.807, 2.05) is 0 Å². The molecule has 1 amide bonds. The quantitative estimate of drug-likeness (QED) is 0.419. The molecule has 2 bridgehead atoms. The Kier molecular flexibility index (Phi) is 4.09. The summed E-state index contributed by atoms with van der Waals surface area (Å²) < 4.78 is 19.8. The first-order valence-corrected chi connectivity index (χ1v) is 7.03. The average Bonchev–Trinajstić information content (AvgIpc) is 2.33. The Hall–Kier alpha value is -1.49. The molecule has 2 rings (SSSR count). The lowest BCUT2D eigenvalue weighted by Gasteiger charge is -2.49. The number of nitrogens with zero attached hydrogens (tertiary/aromatic N) is 4. The normalized spacial score (nSPS) is 33.3. The Morgan fingerprint density at radius 2 is 2.15 bits per heavy atom. The fraction of sp³-hybridized carbons (Fsp3) is 0.923. The number of fused-ring (bicyclic) bond motifs is 2. The Balaban J connectivity index is 2.18. The molecule has 0 saturated carbocycles. The smallest absolute Gasteiger partial charge is 0.410 e. The molecular weight excluding hydrogens is 263 g/mol. The van der Waals surface area contributed by atoms with Crippen LogP contribution in [0.1, 0.15) is 46.5 Å². The molecular formula is C13H21FN4O2. The molecule has 0 aromatic carbocycles. The van der Waals surface area contributed by atoms with Gasteiger partial charge < -0.3 is 4.74 Å². The summed E-state index contributed by atoms with van der Waals surface area (Å²) in [6, 6.07) is -1.30. The molecule has 2 fully saturated rings. The van der Waals surface area contributed by atoms with Gasteiger partial charge in [0.25, 0.3) is 0 Å². The number of azide groups is 1. The number of hydrogen-bond acceptors (Lipinski definition) is 3. The molecule has 4 atom stereocenters. The largest absolute Gasteiger partial charge is 0.444 e. The van der Waals surface area contributed by atoms with Crippen molar-refractivity contribution in [3.05, 3.63) is 10.4 Å². The number of hydrogen-bond donors (Lipinski definition) is 0. The second-order valence-corrected chi connectivity index (χ2v) is 6.49. The third-order valence-electron chi connectivity index (χ3n) is 3.84. The lowest BCUT2D eigenvalue weighted by atomic mass is 9.81. The Morgan fingerprint density at radius 3 is 2.75 bits per heavy atom. The highest BCUT2D eigenvalue weighted by Crippen LogP contribution is 2.38. The lowest BCUT2D eigenvalue weighted by Crippen LogP contribution is -2.61. The highest BCUT2D eigenvalue weighted by Gasteiger charge is 2.48. The summed E-state index contributed by atoms with van der Waals surface area (Å²) in [5, 5.41) is 3.54. The minimum atomic E-state index is -1.31. The number of ether oxygens (including phenoxy) is 1. The van der Waals surface area contributed by atoms with Crippen LogP contribution in [0.2, 0.25) is 0 Å². The zero-order valence-corrected chi connectivity index (χ0v) is 12.1. The van der Waals surface area contributed by atoms with E-state index in [9.17, 15) is 9.18 Å². The number of carbonyl (C=O) groups is 1. The van der Waals surface area contributed by atoms with Gasteiger partial charge in [-0.25, -0.2) is 9.18 Å². The third kappa shape index (κ3) is 2.98. The van der Waals surface area contributed by atoms with Crippen molar-refractivity contribution in [1.82, 2.24) is 4.90 Å². The minimum absolute atomic E-state index is 0.0916. The lowest BCUT2D eigenvalue weighted by molar-refractivity contribution is -0.0461. The van der Waals surface area contributed by atoms with E-state index in [2.05, 4.69) is 10.0 Å². The van der Waals surface area contributed by atoms with Crippen LogP contribution in [0, 0.1) is 0 Å². The molecule has 2 aliphatic heterocycles. The van der Waals surface area contributed by atoms with Crippen molar-refractivity contribution in [2.75, 3.05) is 0 Å². The fourth-order valence-corrected chi connectivity index (χ4v) is 3.10. The molecule has 6 nitrogen and oxygen atoms in total. The SMILES string of the molecule is CC(C)(C)OC(=O)N1[C@@H]2CCC[C@H]1[C@H](F)[C@H](N=[N+]=[N-])C2. The van der Waals surface area contributed by atoms with Crippen LogP contribution in [0.25, 0.3) is 10.4 Å². The molecule has 0 aromatic heterocycles. The third-order valence-corrected chi connectivity index (χ3v) is 3.84. The number of rotatable bonds is 1. The van der Waals surface area contributed by atoms with Crippen LogP contribution >= 0.6 is 0 Å². The molecule has 7 heteroatoms. The summed E-state index contributed by atoms with van der Waals surface area (Å²) in [4.78, 5) is 16.5. The summed E-state index contributed by atoms with van der Waals surface area (Å²) in [5.74, 6) is 0. The zero-order valence-electron chi connectivity index (χ0n) is 12.1. The number of alkyl halides is 1. The second-order valence-electron chi connectivity index (χ2n) is 6.49. The van der Waals surface area contributed by atoms with Gasteiger partial charge in [0, 0.05) is 11.0 Å². The standard InChI is InChI=1S/C13H21FN4O2/c1-13(2,3)20-12(19)18-8-5-4-6-10(18)11(14)9(7-8)16-17-15/h8-11H,4-7H2,1-3H3/t8-,9-,10+,11-/m1/s1. The average molecular weight is 284 g/mol. The molecule has 20 heavy (non-hydrogen) atoms. The van der Waals surface area contributed by atoms with Gasteiger partial charge in [-0.3, -0.25) is 4.90 Å². The van der Waals surface area contributed by atoms with Crippen LogP contribution in [0.4, 0.5) is 9.18 Å². The molecule has 0 spiro atoms. The van der Waals surface area contributed by atoms with Crippen molar-refractivity contribution < 1.29 is 13.9 Å². The second kappa shape index (κ2) is 5.48. The fourth-order valence-electron chi connectivity index (χ4n) is 3.10. The van der Waals surface area contributed by atoms with Crippen molar-refractivity contribution in [2.45, 2.75) is 76.4 Å². The van der Waals surface area contributed by atoms with Crippen LogP contribution in [0.15, 0.2) is 5.11 Å². The van der Waals surface area contributed by atoms with E-state index in [1.165, 1.54) is 4.90 Å². The first-order valence-electron chi connectivity index (χ1n) is 7.03. The van der Waals surface area contributed by atoms with Gasteiger partial charge in [0.2, 0.25) is 0 Å². The van der Waals surface area contributed by atoms with Gasteiger partial charge >= 0.3 is 6.09 Å². The molecule has 0 unspecified atom stereocenters. The van der Waals surface area contributed by atoms with Gasteiger partial charge in [0.15, 0.2) is 0 Å². The van der Waals surface area contributed by atoms with E-state index in [0.717, 1.165) is 12.8 Å². The number of amides is 1. The Morgan fingerprint density at radius 1 is 1.45 bits per heavy atom. The molecule has 0 radical (unpaired) electrons. The maximum Gasteiger partial charge on any atom is 0.410 e. The van der Waals surface area contributed by atoms with E-state index in [0.29, 0.717) is 12.8 Å². The van der Waals surface area contributed by atoms with E-state index < -0.39 is 29.9 Å². The maximum atomic E-state index is 14.4. The van der Waals surface area contributed by atoms with Gasteiger partial charge in [0.05, 0.1) is 12.1 Å². The van der Waals surface area contributed by atoms with Crippen molar-refractivity contribution in [2.24, 2.45) is 5.11 Å². The molecule has 2 saturated heterocycles. The van der Waals surface area contributed by atoms with Crippen LogP contribution in [-0.4, -0.2) is 40.9 Å². The van der Waals surface area contributed by atoms with Gasteiger partial charge in [0.1, 0.15) is 11.8 Å². The predicted octanol–water partition coefficient (Wildman–Crippen LogP) is 3.57. The summed E-state index contributed by atoms with van der Waals surface area (Å²) in [6.07, 6.45) is 0.886. The zero-order chi connectivity index (χ0) is 14.9. The molecule has 0 aliphatic carbocycles. The molecule has 112 valence electrons. The first kappa shape index (κ1) is 14.9. The van der Waals surface area contributed by atoms with Crippen molar-refractivity contribution >= 4 is 6.09 Å². The van der Waals surface area contributed by atoms with Crippen LogP contribution in [-0.2, 0) is 4.74 Å². The summed E-state index contributed by atoms with van der Waals surface area (Å²) in [7, 11) is 0. The minimum Gasteiger partial charge on any atom is -0.444 e. The van der Waals surface area contributed by atoms with Crippen LogP contribution < -0.4 is 0 Å². The van der Waals surface area contributed by atoms with Crippen molar-refractivity contribution in [1.29, 1.82) is 0 Å². The maximum absolute atomic E-state index is 14.4. The molecule has 0 N–H and O–H groups in total. The van der Waals surface area contributed by atoms with Gasteiger partial charge in [-0.2, -0.15) is 0 Å². The van der Waals surface area contributed by atoms with E-state index >= 15 is 0 Å². The van der Waals surface area contributed by atoms with Crippen LogP contribution in [0.5, 0.6) is 0 Å². The van der Waals surface area contributed by atoms with Gasteiger partial charge in [-0.05, 0) is 52.0 Å². The number of piperidine rings is 2. The summed E-state index contributed by atoms with van der Waals surface area (Å²) >= 11 is 0. The highest BCUT2D eigenvalue weighted by atomic mass is 19.1. The highest BCUT2D eigenvalue weighted by molar-refractivity contribution is 5.69. The Bertz CT molecular complexity index is 431. The number of carbonyl (C=O) groups excluding carboxylic acids is 1. The van der Waals surface area contributed by atoms with E-state index in [-0.39, 0.29) is 6.04 Å². The monoisotopic (exact) mass is 284 g/mol. The topological polar surface area (TPSA) is 78.3 Å². The van der Waals surface area contributed by atoms with E-state index in [4.69, 9.17) is 10.3 Å². The Labute approximate surface area is 117 Å². The summed E-state index contributed by atoms with van der Waals surface area (Å²) in [6.45, 7) is 5.38. The van der Waals surface area contributed by atoms with E-state index in [1.54, 1.807) is 20.8 Å². The molecule has 2 aliphatic rings. The number of halogens is 1. The molecule has 2 heterocycles. The van der Waals surface area contributed by atoms with Gasteiger partial charge in [-0.1, -0.05) is 5.11 Å². The first-order chi connectivity index (χ1) is 9.33. The summed E-state index contributed by atoms with van der Waals surface area (Å²) in [5.41, 5.74) is 7.92. The van der Waals surface area contributed by atoms with Crippen molar-refractivity contribution in [3.63, 3.8) is 0 Å².